The van der Waals surface area contributed by atoms with Gasteiger partial charge in [-0.3, -0.25) is 0 Å². The molecular formula is C20H34. The van der Waals surface area contributed by atoms with Crippen molar-refractivity contribution in [2.45, 2.75) is 73.6 Å². The highest BCUT2D eigenvalue weighted by molar-refractivity contribution is 5.14. The lowest BCUT2D eigenvalue weighted by molar-refractivity contribution is 0.545. The highest BCUT2D eigenvalue weighted by Crippen LogP contribution is 2.15. The van der Waals surface area contributed by atoms with Gasteiger partial charge >= 0.3 is 0 Å². The molecule has 0 aliphatic heterocycles. The second-order valence-corrected chi connectivity index (χ2v) is 6.22. The lowest BCUT2D eigenvalue weighted by Gasteiger charge is -2.07. The third-order valence-corrected chi connectivity index (χ3v) is 3.62. The Morgan fingerprint density at radius 2 is 1.70 bits per heavy atom. The van der Waals surface area contributed by atoms with E-state index < -0.39 is 0 Å². The highest BCUT2D eigenvalue weighted by atomic mass is 14.0. The summed E-state index contributed by atoms with van der Waals surface area (Å²) in [5.41, 5.74) is 4.32. The number of hydrogen-bond acceptors (Lipinski definition) is 0. The molecule has 0 aromatic heterocycles. The first kappa shape index (κ1) is 19.0. The molecule has 0 rings (SSSR count). The third kappa shape index (κ3) is 12.0. The molecule has 1 atom stereocenters. The molecule has 0 heteroatoms. The molecule has 0 nitrogen and oxygen atoms in total. The van der Waals surface area contributed by atoms with Crippen molar-refractivity contribution in [3.05, 3.63) is 47.1 Å². The number of rotatable bonds is 9. The van der Waals surface area contributed by atoms with Crippen molar-refractivity contribution in [1.82, 2.24) is 0 Å². The van der Waals surface area contributed by atoms with E-state index in [1.165, 1.54) is 48.8 Å². The van der Waals surface area contributed by atoms with Crippen LogP contribution in [0.5, 0.6) is 0 Å². The maximum atomic E-state index is 2.43. The van der Waals surface area contributed by atoms with Crippen molar-refractivity contribution >= 4 is 0 Å². The van der Waals surface area contributed by atoms with Crippen LogP contribution in [-0.4, -0.2) is 0 Å². The number of hydrogen-bond donors (Lipinski definition) is 0. The minimum Gasteiger partial charge on any atom is -0.0856 e. The van der Waals surface area contributed by atoms with Crippen LogP contribution in [0.1, 0.15) is 73.6 Å². The summed E-state index contributed by atoms with van der Waals surface area (Å²) in [5.74, 6) is 0.776. The summed E-state index contributed by atoms with van der Waals surface area (Å²) in [7, 11) is 0. The fraction of sp³-hybridized carbons (Fsp3) is 0.600. The Kier molecular flexibility index (Phi) is 11.1. The largest absolute Gasteiger partial charge is 0.0856 e. The second kappa shape index (κ2) is 11.8. The van der Waals surface area contributed by atoms with Gasteiger partial charge in [0.15, 0.2) is 0 Å². The average molecular weight is 274 g/mol. The van der Waals surface area contributed by atoms with E-state index in [0.717, 1.165) is 5.92 Å². The molecule has 0 fully saturated rings. The van der Waals surface area contributed by atoms with Gasteiger partial charge < -0.3 is 0 Å². The van der Waals surface area contributed by atoms with E-state index in [0.29, 0.717) is 0 Å². The summed E-state index contributed by atoms with van der Waals surface area (Å²) in [6.07, 6.45) is 17.5. The molecule has 0 N–H and O–H groups in total. The van der Waals surface area contributed by atoms with Gasteiger partial charge in [-0.25, -0.2) is 0 Å². The van der Waals surface area contributed by atoms with Gasteiger partial charge in [0.25, 0.3) is 0 Å². The van der Waals surface area contributed by atoms with Crippen LogP contribution < -0.4 is 0 Å². The summed E-state index contributed by atoms with van der Waals surface area (Å²) in [6, 6.07) is 0. The van der Waals surface area contributed by atoms with Crippen LogP contribution in [-0.2, 0) is 0 Å². The lowest BCUT2D eigenvalue weighted by atomic mass is 9.99. The highest BCUT2D eigenvalue weighted by Gasteiger charge is 1.98. The minimum atomic E-state index is 0.776. The number of allylic oxidation sites excluding steroid dienone is 8. The summed E-state index contributed by atoms with van der Waals surface area (Å²) in [4.78, 5) is 0. The Labute approximate surface area is 127 Å². The fourth-order valence-electron chi connectivity index (χ4n) is 2.01. The summed E-state index contributed by atoms with van der Waals surface area (Å²) < 4.78 is 0. The third-order valence-electron chi connectivity index (χ3n) is 3.62. The second-order valence-electron chi connectivity index (χ2n) is 6.22. The first-order valence-electron chi connectivity index (χ1n) is 8.04. The standard InChI is InChI=1S/C20H34/c1-7-18(4)12-9-14-20(6)16-10-15-19(5)13-8-11-17(2)3/h7,9,11-12,15,20H,8,10,13-14,16H2,1-6H3/b12-9+,18-7+,19-15+/t20-/m0/s1. The SMILES string of the molecule is C/C=C(C)/C=C/C[C@H](C)CC/C=C(\C)CCC=C(C)C. The Morgan fingerprint density at radius 1 is 1.00 bits per heavy atom. The lowest BCUT2D eigenvalue weighted by Crippen LogP contribution is -1.91. The van der Waals surface area contributed by atoms with Gasteiger partial charge in [0.05, 0.1) is 0 Å². The first-order valence-corrected chi connectivity index (χ1v) is 8.04. The molecule has 0 unspecified atom stereocenters. The normalized spacial score (nSPS) is 14.7. The van der Waals surface area contributed by atoms with Crippen LogP contribution in [0.25, 0.3) is 0 Å². The van der Waals surface area contributed by atoms with Gasteiger partial charge in [0.1, 0.15) is 0 Å². The summed E-state index contributed by atoms with van der Waals surface area (Å²) in [6.45, 7) is 13.2. The molecule has 0 saturated carbocycles. The van der Waals surface area contributed by atoms with E-state index in [2.05, 4.69) is 71.9 Å². The predicted molar refractivity (Wildman–Crippen MR) is 94.0 cm³/mol. The maximum absolute atomic E-state index is 2.43. The van der Waals surface area contributed by atoms with Crippen molar-refractivity contribution in [2.75, 3.05) is 0 Å². The van der Waals surface area contributed by atoms with Gasteiger partial charge in [0, 0.05) is 0 Å². The summed E-state index contributed by atoms with van der Waals surface area (Å²) >= 11 is 0. The smallest absolute Gasteiger partial charge is 0.0288 e. The Morgan fingerprint density at radius 3 is 2.30 bits per heavy atom. The Balaban J connectivity index is 3.86. The Bertz CT molecular complexity index is 359. The predicted octanol–water partition coefficient (Wildman–Crippen LogP) is 7.01. The van der Waals surface area contributed by atoms with Crippen LogP contribution in [0.3, 0.4) is 0 Å². The van der Waals surface area contributed by atoms with Crippen molar-refractivity contribution in [3.63, 3.8) is 0 Å². The van der Waals surface area contributed by atoms with E-state index in [1.807, 2.05) is 0 Å². The molecule has 20 heavy (non-hydrogen) atoms. The van der Waals surface area contributed by atoms with Gasteiger partial charge in [-0.2, -0.15) is 0 Å². The van der Waals surface area contributed by atoms with E-state index in [-0.39, 0.29) is 0 Å². The molecule has 0 spiro atoms. The molecule has 0 heterocycles. The molecule has 0 aliphatic carbocycles. The zero-order chi connectivity index (χ0) is 15.4. The first-order chi connectivity index (χ1) is 9.45. The topological polar surface area (TPSA) is 0 Å². The van der Waals surface area contributed by atoms with E-state index in [9.17, 15) is 0 Å². The molecular weight excluding hydrogens is 240 g/mol. The zero-order valence-corrected chi connectivity index (χ0v) is 14.5. The van der Waals surface area contributed by atoms with Gasteiger partial charge in [-0.05, 0) is 72.6 Å². The van der Waals surface area contributed by atoms with Gasteiger partial charge in [-0.1, -0.05) is 54.0 Å². The van der Waals surface area contributed by atoms with Crippen LogP contribution in [0.4, 0.5) is 0 Å². The fourth-order valence-corrected chi connectivity index (χ4v) is 2.01. The van der Waals surface area contributed by atoms with Gasteiger partial charge in [-0.15, -0.1) is 0 Å². The summed E-state index contributed by atoms with van der Waals surface area (Å²) in [5, 5.41) is 0. The molecule has 0 amide bonds. The maximum Gasteiger partial charge on any atom is -0.0288 e. The zero-order valence-electron chi connectivity index (χ0n) is 14.5. The van der Waals surface area contributed by atoms with Crippen LogP contribution in [0, 0.1) is 5.92 Å². The van der Waals surface area contributed by atoms with Crippen LogP contribution in [0.2, 0.25) is 0 Å². The molecule has 114 valence electrons. The molecule has 0 radical (unpaired) electrons. The molecule has 0 aromatic carbocycles. The van der Waals surface area contributed by atoms with Gasteiger partial charge in [0.2, 0.25) is 0 Å². The quantitative estimate of drug-likeness (QED) is 0.313. The van der Waals surface area contributed by atoms with E-state index >= 15 is 0 Å². The van der Waals surface area contributed by atoms with Crippen molar-refractivity contribution < 1.29 is 0 Å². The molecule has 0 saturated heterocycles. The van der Waals surface area contributed by atoms with Crippen molar-refractivity contribution in [1.29, 1.82) is 0 Å². The minimum absolute atomic E-state index is 0.776. The molecule has 0 aromatic rings. The van der Waals surface area contributed by atoms with Crippen molar-refractivity contribution in [3.8, 4) is 0 Å². The monoisotopic (exact) mass is 274 g/mol. The van der Waals surface area contributed by atoms with Crippen molar-refractivity contribution in [2.24, 2.45) is 5.92 Å². The average Bonchev–Trinajstić information content (AvgIpc) is 2.38. The van der Waals surface area contributed by atoms with E-state index in [4.69, 9.17) is 0 Å². The molecule has 0 aliphatic rings. The van der Waals surface area contributed by atoms with Crippen LogP contribution in [0.15, 0.2) is 47.1 Å². The van der Waals surface area contributed by atoms with E-state index in [1.54, 1.807) is 0 Å². The van der Waals surface area contributed by atoms with Crippen LogP contribution >= 0.6 is 0 Å². The molecule has 0 bridgehead atoms. The Hall–Kier alpha value is -1.04.